The molecule has 0 aromatic rings. The first-order valence-electron chi connectivity index (χ1n) is 1.71. The van der Waals surface area contributed by atoms with Crippen molar-refractivity contribution in [2.45, 2.75) is 0 Å². The molecule has 0 aliphatic carbocycles. The summed E-state index contributed by atoms with van der Waals surface area (Å²) < 4.78 is 6.59. The van der Waals surface area contributed by atoms with Gasteiger partial charge in [-0.15, -0.1) is 0 Å². The van der Waals surface area contributed by atoms with Crippen LogP contribution >= 0.6 is 0 Å². The third-order valence-electron chi connectivity index (χ3n) is 0.309. The van der Waals surface area contributed by atoms with Gasteiger partial charge in [0.1, 0.15) is 0 Å². The van der Waals surface area contributed by atoms with E-state index in [4.69, 9.17) is 1.41 Å². The highest BCUT2D eigenvalue weighted by Crippen LogP contribution is 1.67. The van der Waals surface area contributed by atoms with Crippen molar-refractivity contribution in [1.29, 1.82) is 0 Å². The third-order valence-corrected chi connectivity index (χ3v) is 0.309. The van der Waals surface area contributed by atoms with Gasteiger partial charge in [-0.25, -0.2) is 11.0 Å². The maximum Gasteiger partial charge on any atom is 0.197 e. The summed E-state index contributed by atoms with van der Waals surface area (Å²) in [5.41, 5.74) is 3.15. The topological polar surface area (TPSA) is 33.3 Å². The van der Waals surface area contributed by atoms with E-state index in [1.54, 1.807) is 0 Å². The molecule has 1 aliphatic heterocycles. The van der Waals surface area contributed by atoms with Gasteiger partial charge in [-0.05, 0) is 0 Å². The van der Waals surface area contributed by atoms with Crippen LogP contribution in [-0.4, -0.2) is 0 Å². The zero-order valence-corrected chi connectivity index (χ0v) is 2.51. The maximum atomic E-state index is 6.59. The predicted molar refractivity (Wildman–Crippen MR) is 16.5 cm³/mol. The minimum atomic E-state index is 0.819. The van der Waals surface area contributed by atoms with Crippen LogP contribution in [0.4, 0.5) is 0 Å². The summed E-state index contributed by atoms with van der Waals surface area (Å²) in [4.78, 5) is 4.29. The average Bonchev–Trinajstić information content (AvgIpc) is 1.86. The molecule has 0 fully saturated rings. The lowest BCUT2D eigenvalue weighted by atomic mass is 11.0. The van der Waals surface area contributed by atoms with Crippen molar-refractivity contribution in [3.8, 4) is 0 Å². The van der Waals surface area contributed by atoms with Crippen molar-refractivity contribution in [1.82, 2.24) is 11.0 Å². The molecule has 0 aromatic carbocycles. The number of nitrogens with one attached hydrogen (secondary N) is 2. The molecule has 0 spiro atoms. The monoisotopic (exact) mass is 73.0 g/mol. The lowest BCUT2D eigenvalue weighted by Gasteiger charge is -1.83. The SMILES string of the molecule is [2H]N1C=CNO1. The molecule has 0 bridgehead atoms. The number of rotatable bonds is 0. The Morgan fingerprint density at radius 1 is 1.80 bits per heavy atom. The van der Waals surface area contributed by atoms with E-state index < -0.39 is 0 Å². The van der Waals surface area contributed by atoms with E-state index in [-0.39, 0.29) is 0 Å². The van der Waals surface area contributed by atoms with Crippen molar-refractivity contribution in [3.63, 3.8) is 0 Å². The Hall–Kier alpha value is -0.700. The van der Waals surface area contributed by atoms with Gasteiger partial charge in [0, 0.05) is 12.4 Å². The molecule has 3 heteroatoms. The van der Waals surface area contributed by atoms with Crippen LogP contribution in [0.5, 0.6) is 0 Å². The fraction of sp³-hybridized carbons (Fsp3) is 0. The summed E-state index contributed by atoms with van der Waals surface area (Å²) in [5, 5.41) is 0. The first-order chi connectivity index (χ1) is 2.89. The smallest absolute Gasteiger partial charge is 0.197 e. The normalized spacial score (nSPS) is 22.4. The Kier molecular flexibility index (Phi) is 0.315. The van der Waals surface area contributed by atoms with Gasteiger partial charge in [0.05, 0.1) is 0 Å². The molecule has 0 aromatic heterocycles. The van der Waals surface area contributed by atoms with Crippen molar-refractivity contribution < 1.29 is 6.35 Å². The van der Waals surface area contributed by atoms with Gasteiger partial charge in [0.2, 0.25) is 0 Å². The summed E-state index contributed by atoms with van der Waals surface area (Å²) in [5.74, 6) is 0. The highest BCUT2D eigenvalue weighted by molar-refractivity contribution is 4.72. The molecule has 0 radical (unpaired) electrons. The maximum absolute atomic E-state index is 6.59. The molecule has 1 rings (SSSR count). The molecule has 0 saturated heterocycles. The Balaban J connectivity index is 2.38. The van der Waals surface area contributed by atoms with Crippen molar-refractivity contribution in [2.75, 3.05) is 0 Å². The number of hydroxylamine groups is 2. The van der Waals surface area contributed by atoms with Gasteiger partial charge in [-0.3, -0.25) is 0 Å². The van der Waals surface area contributed by atoms with Gasteiger partial charge in [-0.1, -0.05) is 0 Å². The Bertz CT molecular complexity index is 73.9. The van der Waals surface area contributed by atoms with Crippen molar-refractivity contribution in [2.24, 2.45) is 0 Å². The van der Waals surface area contributed by atoms with Crippen molar-refractivity contribution >= 4 is 0 Å². The van der Waals surface area contributed by atoms with Crippen LogP contribution in [0.2, 0.25) is 1.41 Å². The molecule has 5 heavy (non-hydrogen) atoms. The summed E-state index contributed by atoms with van der Waals surface area (Å²) in [6.07, 6.45) is 2.97. The molecule has 0 saturated carbocycles. The summed E-state index contributed by atoms with van der Waals surface area (Å²) in [6.45, 7) is 0. The molecule has 2 N–H and O–H groups in total. The number of hydrogen-bond donors (Lipinski definition) is 2. The lowest BCUT2D eigenvalue weighted by molar-refractivity contribution is 0.0335. The zero-order chi connectivity index (χ0) is 4.41. The second-order valence-electron chi connectivity index (χ2n) is 0.630. The highest BCUT2D eigenvalue weighted by atomic mass is 16.8. The fourth-order valence-electron chi connectivity index (χ4n) is 0.152. The van der Waals surface area contributed by atoms with Gasteiger partial charge >= 0.3 is 0 Å². The van der Waals surface area contributed by atoms with Crippen LogP contribution in [0.1, 0.15) is 0 Å². The largest absolute Gasteiger partial charge is 0.248 e. The summed E-state index contributed by atoms with van der Waals surface area (Å²) in [7, 11) is 0. The van der Waals surface area contributed by atoms with Gasteiger partial charge in [0.25, 0.3) is 0 Å². The van der Waals surface area contributed by atoms with E-state index in [2.05, 4.69) is 10.4 Å². The molecule has 1 heterocycles. The Morgan fingerprint density at radius 2 is 2.80 bits per heavy atom. The van der Waals surface area contributed by atoms with E-state index >= 15 is 0 Å². The molecule has 0 atom stereocenters. The molecule has 3 nitrogen and oxygen atoms in total. The zero-order valence-electron chi connectivity index (χ0n) is 3.51. The number of hydrogen-bond acceptors (Lipinski definition) is 3. The van der Waals surface area contributed by atoms with Crippen LogP contribution in [-0.2, 0) is 4.94 Å². The first kappa shape index (κ1) is 1.67. The molecular formula is C2H4N2O. The van der Waals surface area contributed by atoms with E-state index in [0.29, 0.717) is 0 Å². The van der Waals surface area contributed by atoms with E-state index in [1.165, 1.54) is 12.4 Å². The lowest BCUT2D eigenvalue weighted by Crippen LogP contribution is -2.06. The fourth-order valence-corrected chi connectivity index (χ4v) is 0.152. The van der Waals surface area contributed by atoms with Crippen LogP contribution in [0.15, 0.2) is 12.4 Å². The van der Waals surface area contributed by atoms with Gasteiger partial charge in [-0.2, -0.15) is 4.94 Å². The first-order valence-corrected chi connectivity index (χ1v) is 1.27. The Labute approximate surface area is 31.0 Å². The molecule has 0 unspecified atom stereocenters. The quantitative estimate of drug-likeness (QED) is 0.405. The van der Waals surface area contributed by atoms with Gasteiger partial charge in [0.15, 0.2) is 1.41 Å². The summed E-state index contributed by atoms with van der Waals surface area (Å²) in [6, 6.07) is 0. The van der Waals surface area contributed by atoms with E-state index in [1.807, 2.05) is 0 Å². The third kappa shape index (κ3) is 0.302. The minimum absolute atomic E-state index is 0.819. The van der Waals surface area contributed by atoms with Crippen molar-refractivity contribution in [3.05, 3.63) is 12.4 Å². The van der Waals surface area contributed by atoms with E-state index in [0.717, 1.165) is 5.47 Å². The van der Waals surface area contributed by atoms with Crippen LogP contribution in [0.3, 0.4) is 0 Å². The average molecular weight is 73.1 g/mol. The van der Waals surface area contributed by atoms with Crippen LogP contribution < -0.4 is 11.0 Å². The molecule has 28 valence electrons. The molecular weight excluding hydrogens is 68.0 g/mol. The predicted octanol–water partition coefficient (Wildman–Crippen LogP) is -0.503. The van der Waals surface area contributed by atoms with Crippen LogP contribution in [0, 0.1) is 0 Å². The highest BCUT2D eigenvalue weighted by Gasteiger charge is 1.77. The molecule has 1 aliphatic rings. The second-order valence-corrected chi connectivity index (χ2v) is 0.630. The van der Waals surface area contributed by atoms with E-state index in [9.17, 15) is 0 Å². The Morgan fingerprint density at radius 3 is 3.00 bits per heavy atom. The molecule has 0 amide bonds. The van der Waals surface area contributed by atoms with Gasteiger partial charge < -0.3 is 0 Å². The second kappa shape index (κ2) is 0.944. The standard InChI is InChI=1S/C2H4N2O/c1-2-4-5-3-1/h1-4H/i/hD. The van der Waals surface area contributed by atoms with Crippen LogP contribution in [0.25, 0.3) is 0 Å². The minimum Gasteiger partial charge on any atom is -0.248 e. The summed E-state index contributed by atoms with van der Waals surface area (Å²) >= 11 is 0.